The maximum Gasteiger partial charge on any atom is 0.230 e. The Morgan fingerprint density at radius 3 is 2.59 bits per heavy atom. The molecule has 2 rings (SSSR count). The van der Waals surface area contributed by atoms with Crippen LogP contribution < -0.4 is 4.90 Å². The number of hydrogen-bond acceptors (Lipinski definition) is 6. The van der Waals surface area contributed by atoms with Gasteiger partial charge in [0.2, 0.25) is 11.2 Å². The second-order valence-corrected chi connectivity index (χ2v) is 5.62. The van der Waals surface area contributed by atoms with E-state index < -0.39 is 0 Å². The van der Waals surface area contributed by atoms with E-state index in [4.69, 9.17) is 16.3 Å². The molecule has 94 valence electrons. The van der Waals surface area contributed by atoms with Gasteiger partial charge < -0.3 is 9.64 Å². The predicted molar refractivity (Wildman–Crippen MR) is 68.9 cm³/mol. The molecule has 1 saturated heterocycles. The Kier molecular flexibility index (Phi) is 4.42. The summed E-state index contributed by atoms with van der Waals surface area (Å²) >= 11 is 7.54. The molecule has 0 spiro atoms. The summed E-state index contributed by atoms with van der Waals surface area (Å²) in [5.41, 5.74) is 0. The zero-order chi connectivity index (χ0) is 12.3. The van der Waals surface area contributed by atoms with Crippen molar-refractivity contribution < 1.29 is 4.74 Å². The van der Waals surface area contributed by atoms with Gasteiger partial charge in [0.1, 0.15) is 0 Å². The van der Waals surface area contributed by atoms with E-state index in [1.165, 1.54) is 0 Å². The topological polar surface area (TPSA) is 51.1 Å². The van der Waals surface area contributed by atoms with E-state index >= 15 is 0 Å². The lowest BCUT2D eigenvalue weighted by Gasteiger charge is -2.20. The zero-order valence-corrected chi connectivity index (χ0v) is 11.5. The molecule has 5 nitrogen and oxygen atoms in total. The Labute approximate surface area is 110 Å². The van der Waals surface area contributed by atoms with Crippen LogP contribution in [0.25, 0.3) is 0 Å². The summed E-state index contributed by atoms with van der Waals surface area (Å²) in [5, 5.41) is 1.45. The molecule has 1 fully saturated rings. The highest BCUT2D eigenvalue weighted by Crippen LogP contribution is 2.28. The van der Waals surface area contributed by atoms with Crippen LogP contribution in [0.2, 0.25) is 5.28 Å². The van der Waals surface area contributed by atoms with Crippen molar-refractivity contribution in [2.45, 2.75) is 23.2 Å². The molecule has 1 aliphatic rings. The minimum atomic E-state index is 0.248. The van der Waals surface area contributed by atoms with Crippen molar-refractivity contribution in [1.82, 2.24) is 15.0 Å². The molecule has 0 saturated carbocycles. The van der Waals surface area contributed by atoms with Crippen LogP contribution in [-0.2, 0) is 4.74 Å². The third kappa shape index (κ3) is 3.69. The number of anilines is 1. The van der Waals surface area contributed by atoms with E-state index in [1.54, 1.807) is 11.8 Å². The summed E-state index contributed by atoms with van der Waals surface area (Å²) in [6.07, 6.45) is 2.07. The Morgan fingerprint density at radius 1 is 1.24 bits per heavy atom. The lowest BCUT2D eigenvalue weighted by molar-refractivity contribution is 0.1000. The smallest absolute Gasteiger partial charge is 0.230 e. The SMILES string of the molecule is CN(C)c1nc(Cl)nc(SC2CCOCC2)n1. The van der Waals surface area contributed by atoms with E-state index in [2.05, 4.69) is 15.0 Å². The molecule has 0 atom stereocenters. The number of thioether (sulfide) groups is 1. The second-order valence-electron chi connectivity index (χ2n) is 4.01. The van der Waals surface area contributed by atoms with Gasteiger partial charge in [-0.3, -0.25) is 0 Å². The van der Waals surface area contributed by atoms with E-state index in [1.807, 2.05) is 19.0 Å². The molecule has 17 heavy (non-hydrogen) atoms. The average molecular weight is 275 g/mol. The first-order valence-corrected chi connectivity index (χ1v) is 6.74. The average Bonchev–Trinajstić information content (AvgIpc) is 2.29. The number of aromatic nitrogens is 3. The summed E-state index contributed by atoms with van der Waals surface area (Å²) in [7, 11) is 3.77. The van der Waals surface area contributed by atoms with Gasteiger partial charge in [-0.1, -0.05) is 11.8 Å². The first-order chi connectivity index (χ1) is 8.15. The molecule has 1 aromatic rings. The van der Waals surface area contributed by atoms with Crippen LogP contribution in [-0.4, -0.2) is 47.5 Å². The minimum Gasteiger partial charge on any atom is -0.381 e. The molecule has 7 heteroatoms. The van der Waals surface area contributed by atoms with Gasteiger partial charge in [-0.25, -0.2) is 0 Å². The lowest BCUT2D eigenvalue weighted by atomic mass is 10.2. The van der Waals surface area contributed by atoms with Crippen LogP contribution in [0, 0.1) is 0 Å². The van der Waals surface area contributed by atoms with Crippen LogP contribution in [0.3, 0.4) is 0 Å². The van der Waals surface area contributed by atoms with Crippen LogP contribution in [0.5, 0.6) is 0 Å². The van der Waals surface area contributed by atoms with E-state index in [0.29, 0.717) is 16.4 Å². The minimum absolute atomic E-state index is 0.248. The standard InChI is InChI=1S/C10H15ClN4OS/c1-15(2)9-12-8(11)13-10(14-9)17-7-3-5-16-6-4-7/h7H,3-6H2,1-2H3. The van der Waals surface area contributed by atoms with E-state index in [9.17, 15) is 0 Å². The lowest BCUT2D eigenvalue weighted by Crippen LogP contribution is -2.18. The van der Waals surface area contributed by atoms with E-state index in [-0.39, 0.29) is 5.28 Å². The van der Waals surface area contributed by atoms with Gasteiger partial charge in [-0.2, -0.15) is 15.0 Å². The fraction of sp³-hybridized carbons (Fsp3) is 0.700. The normalized spacial score (nSPS) is 17.1. The molecule has 0 radical (unpaired) electrons. The highest BCUT2D eigenvalue weighted by Gasteiger charge is 2.17. The molecule has 2 heterocycles. The first-order valence-electron chi connectivity index (χ1n) is 5.48. The molecule has 0 amide bonds. The largest absolute Gasteiger partial charge is 0.381 e. The van der Waals surface area contributed by atoms with Crippen LogP contribution in [0.1, 0.15) is 12.8 Å². The second kappa shape index (κ2) is 5.84. The third-order valence-electron chi connectivity index (χ3n) is 2.42. The van der Waals surface area contributed by atoms with Crippen LogP contribution in [0.15, 0.2) is 5.16 Å². The van der Waals surface area contributed by atoms with Crippen molar-refractivity contribution in [3.8, 4) is 0 Å². The van der Waals surface area contributed by atoms with Crippen molar-refractivity contribution in [3.63, 3.8) is 0 Å². The summed E-state index contributed by atoms with van der Waals surface area (Å²) in [4.78, 5) is 14.4. The zero-order valence-electron chi connectivity index (χ0n) is 9.89. The number of hydrogen-bond donors (Lipinski definition) is 0. The number of halogens is 1. The predicted octanol–water partition coefficient (Wildman–Crippen LogP) is 1.86. The highest BCUT2D eigenvalue weighted by molar-refractivity contribution is 7.99. The van der Waals surface area contributed by atoms with Gasteiger partial charge >= 0.3 is 0 Å². The maximum absolute atomic E-state index is 5.88. The molecule has 1 aromatic heterocycles. The summed E-state index contributed by atoms with van der Waals surface area (Å²) in [5.74, 6) is 0.597. The van der Waals surface area contributed by atoms with Crippen molar-refractivity contribution >= 4 is 29.3 Å². The van der Waals surface area contributed by atoms with Crippen molar-refractivity contribution in [2.24, 2.45) is 0 Å². The van der Waals surface area contributed by atoms with Gasteiger partial charge in [-0.15, -0.1) is 0 Å². The van der Waals surface area contributed by atoms with Crippen molar-refractivity contribution in [2.75, 3.05) is 32.2 Å². The molecular formula is C10H15ClN4OS. The Morgan fingerprint density at radius 2 is 1.94 bits per heavy atom. The van der Waals surface area contributed by atoms with Gasteiger partial charge in [0.25, 0.3) is 0 Å². The fourth-order valence-corrected chi connectivity index (χ4v) is 2.72. The maximum atomic E-state index is 5.88. The van der Waals surface area contributed by atoms with E-state index in [0.717, 1.165) is 26.1 Å². The monoisotopic (exact) mass is 274 g/mol. The Bertz CT molecular complexity index is 385. The van der Waals surface area contributed by atoms with Crippen molar-refractivity contribution in [1.29, 1.82) is 0 Å². The first kappa shape index (κ1) is 12.9. The van der Waals surface area contributed by atoms with Gasteiger partial charge in [0.05, 0.1) is 0 Å². The molecule has 0 unspecified atom stereocenters. The summed E-state index contributed by atoms with van der Waals surface area (Å²) in [6, 6.07) is 0. The number of ether oxygens (including phenoxy) is 1. The Balaban J connectivity index is 2.09. The van der Waals surface area contributed by atoms with Crippen LogP contribution in [0.4, 0.5) is 5.95 Å². The Hall–Kier alpha value is -0.590. The fourth-order valence-electron chi connectivity index (χ4n) is 1.52. The van der Waals surface area contributed by atoms with Gasteiger partial charge in [0.15, 0.2) is 5.16 Å². The quantitative estimate of drug-likeness (QED) is 0.839. The summed E-state index contributed by atoms with van der Waals surface area (Å²) < 4.78 is 5.32. The molecule has 0 aromatic carbocycles. The van der Waals surface area contributed by atoms with Crippen LogP contribution >= 0.6 is 23.4 Å². The number of nitrogens with zero attached hydrogens (tertiary/aromatic N) is 4. The highest BCUT2D eigenvalue weighted by atomic mass is 35.5. The molecule has 0 bridgehead atoms. The molecular weight excluding hydrogens is 260 g/mol. The number of rotatable bonds is 3. The molecule has 0 N–H and O–H groups in total. The molecule has 0 aliphatic carbocycles. The third-order valence-corrected chi connectivity index (χ3v) is 3.78. The van der Waals surface area contributed by atoms with Gasteiger partial charge in [0, 0.05) is 32.6 Å². The summed E-state index contributed by atoms with van der Waals surface area (Å²) in [6.45, 7) is 1.63. The molecule has 1 aliphatic heterocycles. The van der Waals surface area contributed by atoms with Gasteiger partial charge in [-0.05, 0) is 24.4 Å². The van der Waals surface area contributed by atoms with Crippen molar-refractivity contribution in [3.05, 3.63) is 5.28 Å².